The van der Waals surface area contributed by atoms with Crippen molar-refractivity contribution in [2.24, 2.45) is 0 Å². The average molecular weight is 286 g/mol. The minimum Gasteiger partial charge on any atom is -0.336 e. The van der Waals surface area contributed by atoms with Gasteiger partial charge in [-0.3, -0.25) is 4.79 Å². The number of likely N-dealkylation sites (tertiary alicyclic amines) is 1. The van der Waals surface area contributed by atoms with Crippen LogP contribution in [-0.2, 0) is 4.79 Å². The van der Waals surface area contributed by atoms with E-state index < -0.39 is 0 Å². The Kier molecular flexibility index (Phi) is 4.59. The molecule has 114 valence electrons. The van der Waals surface area contributed by atoms with Crippen molar-refractivity contribution in [3.63, 3.8) is 0 Å². The van der Waals surface area contributed by atoms with Crippen LogP contribution >= 0.6 is 0 Å². The first kappa shape index (κ1) is 14.6. The highest BCUT2D eigenvalue weighted by atomic mass is 16.2. The van der Waals surface area contributed by atoms with Gasteiger partial charge in [0, 0.05) is 19.0 Å². The van der Waals surface area contributed by atoms with Crippen molar-refractivity contribution >= 4 is 5.91 Å². The first-order chi connectivity index (χ1) is 10.3. The molecule has 3 rings (SSSR count). The Hall–Kier alpha value is -1.35. The molecule has 0 aliphatic carbocycles. The second-order valence-electron chi connectivity index (χ2n) is 6.43. The SMILES string of the molecule is Cc1ccccc1C1CCCN1C(=O)CCC1CCCN1. The third-order valence-corrected chi connectivity index (χ3v) is 4.99. The molecular weight excluding hydrogens is 260 g/mol. The molecule has 2 unspecified atom stereocenters. The predicted octanol–water partition coefficient (Wildman–Crippen LogP) is 3.19. The fourth-order valence-corrected chi connectivity index (χ4v) is 3.79. The monoisotopic (exact) mass is 286 g/mol. The zero-order valence-electron chi connectivity index (χ0n) is 13.0. The molecule has 0 radical (unpaired) electrons. The number of amides is 1. The van der Waals surface area contributed by atoms with Gasteiger partial charge in [0.05, 0.1) is 6.04 Å². The first-order valence-corrected chi connectivity index (χ1v) is 8.34. The van der Waals surface area contributed by atoms with Crippen LogP contribution in [0.1, 0.15) is 55.7 Å². The molecule has 3 nitrogen and oxygen atoms in total. The van der Waals surface area contributed by atoms with Crippen LogP contribution in [0.4, 0.5) is 0 Å². The van der Waals surface area contributed by atoms with Gasteiger partial charge >= 0.3 is 0 Å². The second kappa shape index (κ2) is 6.61. The van der Waals surface area contributed by atoms with Crippen LogP contribution in [0.15, 0.2) is 24.3 Å². The minimum absolute atomic E-state index is 0.301. The topological polar surface area (TPSA) is 32.3 Å². The van der Waals surface area contributed by atoms with Crippen molar-refractivity contribution in [3.05, 3.63) is 35.4 Å². The maximum absolute atomic E-state index is 12.6. The lowest BCUT2D eigenvalue weighted by Gasteiger charge is -2.27. The van der Waals surface area contributed by atoms with Crippen LogP contribution < -0.4 is 5.32 Å². The predicted molar refractivity (Wildman–Crippen MR) is 85.1 cm³/mol. The summed E-state index contributed by atoms with van der Waals surface area (Å²) in [5, 5.41) is 3.48. The maximum Gasteiger partial charge on any atom is 0.223 e. The molecule has 2 saturated heterocycles. The summed E-state index contributed by atoms with van der Waals surface area (Å²) in [7, 11) is 0. The van der Waals surface area contributed by atoms with Gasteiger partial charge in [-0.15, -0.1) is 0 Å². The Bertz CT molecular complexity index is 494. The van der Waals surface area contributed by atoms with Crippen molar-refractivity contribution < 1.29 is 4.79 Å². The number of carbonyl (C=O) groups excluding carboxylic acids is 1. The number of hydrogen-bond acceptors (Lipinski definition) is 2. The van der Waals surface area contributed by atoms with Gasteiger partial charge in [0.25, 0.3) is 0 Å². The van der Waals surface area contributed by atoms with E-state index in [4.69, 9.17) is 0 Å². The molecule has 0 bridgehead atoms. The summed E-state index contributed by atoms with van der Waals surface area (Å²) in [5.41, 5.74) is 2.64. The van der Waals surface area contributed by atoms with Crippen LogP contribution in [0.5, 0.6) is 0 Å². The molecular formula is C18H26N2O. The van der Waals surface area contributed by atoms with E-state index >= 15 is 0 Å². The molecule has 1 aromatic carbocycles. The summed E-state index contributed by atoms with van der Waals surface area (Å²) in [6.45, 7) is 4.20. The van der Waals surface area contributed by atoms with Crippen molar-refractivity contribution in [1.29, 1.82) is 0 Å². The molecule has 2 atom stereocenters. The van der Waals surface area contributed by atoms with Gasteiger partial charge in [0.2, 0.25) is 5.91 Å². The van der Waals surface area contributed by atoms with E-state index in [1.165, 1.54) is 24.0 Å². The van der Waals surface area contributed by atoms with E-state index in [2.05, 4.69) is 41.4 Å². The Morgan fingerprint density at radius 1 is 1.29 bits per heavy atom. The quantitative estimate of drug-likeness (QED) is 0.922. The van der Waals surface area contributed by atoms with Crippen LogP contribution in [0.3, 0.4) is 0 Å². The summed E-state index contributed by atoms with van der Waals surface area (Å²) in [6.07, 6.45) is 6.42. The van der Waals surface area contributed by atoms with E-state index in [1.54, 1.807) is 0 Å². The van der Waals surface area contributed by atoms with Gasteiger partial charge < -0.3 is 10.2 Å². The lowest BCUT2D eigenvalue weighted by atomic mass is 9.99. The van der Waals surface area contributed by atoms with Gasteiger partial charge in [0.1, 0.15) is 0 Å². The fraction of sp³-hybridized carbons (Fsp3) is 0.611. The molecule has 1 amide bonds. The lowest BCUT2D eigenvalue weighted by molar-refractivity contribution is -0.132. The number of nitrogens with zero attached hydrogens (tertiary/aromatic N) is 1. The highest BCUT2D eigenvalue weighted by Gasteiger charge is 2.30. The molecule has 0 saturated carbocycles. The van der Waals surface area contributed by atoms with Gasteiger partial charge in [-0.05, 0) is 56.7 Å². The number of benzene rings is 1. The van der Waals surface area contributed by atoms with E-state index in [1.807, 2.05) is 0 Å². The molecule has 1 aromatic rings. The fourth-order valence-electron chi connectivity index (χ4n) is 3.79. The molecule has 2 heterocycles. The van der Waals surface area contributed by atoms with Crippen LogP contribution in [0.2, 0.25) is 0 Å². The lowest BCUT2D eigenvalue weighted by Crippen LogP contribution is -2.32. The van der Waals surface area contributed by atoms with Gasteiger partial charge in [0.15, 0.2) is 0 Å². The smallest absolute Gasteiger partial charge is 0.223 e. The van der Waals surface area contributed by atoms with Crippen molar-refractivity contribution in [2.45, 2.75) is 57.5 Å². The number of rotatable bonds is 4. The highest BCUT2D eigenvalue weighted by molar-refractivity contribution is 5.77. The molecule has 2 aliphatic rings. The molecule has 0 spiro atoms. The zero-order valence-corrected chi connectivity index (χ0v) is 13.0. The largest absolute Gasteiger partial charge is 0.336 e. The van der Waals surface area contributed by atoms with Crippen molar-refractivity contribution in [1.82, 2.24) is 10.2 Å². The molecule has 21 heavy (non-hydrogen) atoms. The summed E-state index contributed by atoms with van der Waals surface area (Å²) < 4.78 is 0. The third kappa shape index (κ3) is 3.29. The van der Waals surface area contributed by atoms with E-state index in [0.717, 1.165) is 32.4 Å². The first-order valence-electron chi connectivity index (χ1n) is 8.34. The summed E-state index contributed by atoms with van der Waals surface area (Å²) in [5.74, 6) is 0.342. The van der Waals surface area contributed by atoms with Crippen LogP contribution in [-0.4, -0.2) is 29.9 Å². The summed E-state index contributed by atoms with van der Waals surface area (Å²) >= 11 is 0. The molecule has 2 fully saturated rings. The maximum atomic E-state index is 12.6. The number of carbonyl (C=O) groups is 1. The van der Waals surface area contributed by atoms with E-state index in [9.17, 15) is 4.79 Å². The number of hydrogen-bond donors (Lipinski definition) is 1. The zero-order chi connectivity index (χ0) is 14.7. The van der Waals surface area contributed by atoms with Crippen LogP contribution in [0.25, 0.3) is 0 Å². The van der Waals surface area contributed by atoms with Crippen LogP contribution in [0, 0.1) is 6.92 Å². The number of aryl methyl sites for hydroxylation is 1. The highest BCUT2D eigenvalue weighted by Crippen LogP contribution is 2.34. The second-order valence-corrected chi connectivity index (χ2v) is 6.43. The van der Waals surface area contributed by atoms with E-state index in [-0.39, 0.29) is 0 Å². The summed E-state index contributed by atoms with van der Waals surface area (Å²) in [4.78, 5) is 14.7. The van der Waals surface area contributed by atoms with Crippen molar-refractivity contribution in [2.75, 3.05) is 13.1 Å². The minimum atomic E-state index is 0.301. The molecule has 0 aromatic heterocycles. The van der Waals surface area contributed by atoms with Gasteiger partial charge in [-0.1, -0.05) is 24.3 Å². The van der Waals surface area contributed by atoms with Crippen molar-refractivity contribution in [3.8, 4) is 0 Å². The Labute approximate surface area is 127 Å². The molecule has 1 N–H and O–H groups in total. The Morgan fingerprint density at radius 2 is 2.14 bits per heavy atom. The Balaban J connectivity index is 1.63. The summed E-state index contributed by atoms with van der Waals surface area (Å²) in [6, 6.07) is 9.36. The molecule has 3 heteroatoms. The average Bonchev–Trinajstić information content (AvgIpc) is 3.16. The standard InChI is InChI=1S/C18H26N2O/c1-14-6-2-3-8-16(14)17-9-5-13-20(17)18(21)11-10-15-7-4-12-19-15/h2-3,6,8,15,17,19H,4-5,7,9-13H2,1H3. The van der Waals surface area contributed by atoms with Gasteiger partial charge in [-0.25, -0.2) is 0 Å². The van der Waals surface area contributed by atoms with E-state index in [0.29, 0.717) is 24.4 Å². The normalized spacial score (nSPS) is 25.5. The van der Waals surface area contributed by atoms with Gasteiger partial charge in [-0.2, -0.15) is 0 Å². The molecule has 2 aliphatic heterocycles. The third-order valence-electron chi connectivity index (χ3n) is 4.99. The Morgan fingerprint density at radius 3 is 2.90 bits per heavy atom. The number of nitrogens with one attached hydrogen (secondary N) is 1.